The van der Waals surface area contributed by atoms with Crippen molar-refractivity contribution in [1.29, 1.82) is 0 Å². The number of hydrogen-bond acceptors (Lipinski definition) is 0. The maximum absolute atomic E-state index is 3.27. The van der Waals surface area contributed by atoms with Gasteiger partial charge in [0.05, 0.1) is 0 Å². The van der Waals surface area contributed by atoms with Gasteiger partial charge in [-0.2, -0.15) is 0 Å². The molecule has 0 aliphatic heterocycles. The zero-order valence-electron chi connectivity index (χ0n) is 6.77. The van der Waals surface area contributed by atoms with Crippen molar-refractivity contribution in [3.63, 3.8) is 0 Å². The molecule has 0 heteroatoms. The Balaban J connectivity index is 2.17. The minimum atomic E-state index is 1.31. The molecule has 0 atom stereocenters. The molecule has 0 bridgehead atoms. The summed E-state index contributed by atoms with van der Waals surface area (Å²) >= 11 is 0. The summed E-state index contributed by atoms with van der Waals surface area (Å²) in [5.41, 5.74) is 2.99. The Hall–Kier alpha value is -0.780. The highest BCUT2D eigenvalue weighted by molar-refractivity contribution is 5.39. The van der Waals surface area contributed by atoms with Crippen LogP contribution in [0.3, 0.4) is 0 Å². The molecule has 1 fully saturated rings. The minimum absolute atomic E-state index is 1.31. The van der Waals surface area contributed by atoms with Crippen LogP contribution in [0.15, 0.2) is 29.4 Å². The van der Waals surface area contributed by atoms with Gasteiger partial charge in [-0.3, -0.25) is 0 Å². The zero-order chi connectivity index (χ0) is 7.52. The van der Waals surface area contributed by atoms with Gasteiger partial charge >= 0.3 is 0 Å². The van der Waals surface area contributed by atoms with Gasteiger partial charge in [0.2, 0.25) is 0 Å². The quantitative estimate of drug-likeness (QED) is 0.491. The first-order valence-electron chi connectivity index (χ1n) is 4.45. The summed E-state index contributed by atoms with van der Waals surface area (Å²) in [6.45, 7) is 0. The molecule has 2 rings (SSSR count). The van der Waals surface area contributed by atoms with Gasteiger partial charge in [0.1, 0.15) is 0 Å². The topological polar surface area (TPSA) is 0 Å². The fourth-order valence-electron chi connectivity index (χ4n) is 1.80. The Labute approximate surface area is 68.3 Å². The lowest BCUT2D eigenvalue weighted by atomic mass is 9.91. The van der Waals surface area contributed by atoms with Crippen LogP contribution in [-0.2, 0) is 0 Å². The molecule has 0 unspecified atom stereocenters. The van der Waals surface area contributed by atoms with Crippen molar-refractivity contribution in [2.45, 2.75) is 32.1 Å². The molecule has 0 aromatic carbocycles. The normalized spacial score (nSPS) is 23.3. The SMILES string of the molecule is [C]1=CC=CC1=C1CCCCC1. The molecule has 2 aliphatic rings. The molecular formula is C11H13. The zero-order valence-corrected chi connectivity index (χ0v) is 6.77. The van der Waals surface area contributed by atoms with Crippen LogP contribution in [0, 0.1) is 6.08 Å². The molecule has 57 valence electrons. The minimum Gasteiger partial charge on any atom is -0.0623 e. The van der Waals surface area contributed by atoms with Gasteiger partial charge in [0, 0.05) is 0 Å². The Morgan fingerprint density at radius 3 is 2.55 bits per heavy atom. The molecule has 1 radical (unpaired) electrons. The Morgan fingerprint density at radius 1 is 1.09 bits per heavy atom. The van der Waals surface area contributed by atoms with Crippen molar-refractivity contribution in [3.05, 3.63) is 35.5 Å². The van der Waals surface area contributed by atoms with Crippen molar-refractivity contribution in [2.24, 2.45) is 0 Å². The molecular weight excluding hydrogens is 132 g/mol. The van der Waals surface area contributed by atoms with Gasteiger partial charge in [-0.05, 0) is 37.3 Å². The Kier molecular flexibility index (Phi) is 1.93. The molecule has 11 heavy (non-hydrogen) atoms. The highest BCUT2D eigenvalue weighted by Crippen LogP contribution is 2.27. The van der Waals surface area contributed by atoms with Crippen molar-refractivity contribution < 1.29 is 0 Å². The molecule has 0 aromatic heterocycles. The smallest absolute Gasteiger partial charge is 0.0106 e. The Morgan fingerprint density at radius 2 is 1.91 bits per heavy atom. The lowest BCUT2D eigenvalue weighted by Gasteiger charge is -2.14. The van der Waals surface area contributed by atoms with Crippen LogP contribution in [0.5, 0.6) is 0 Å². The van der Waals surface area contributed by atoms with E-state index in [4.69, 9.17) is 0 Å². The van der Waals surface area contributed by atoms with Crippen LogP contribution in [0.1, 0.15) is 32.1 Å². The second-order valence-corrected chi connectivity index (χ2v) is 3.25. The largest absolute Gasteiger partial charge is 0.0623 e. The van der Waals surface area contributed by atoms with E-state index in [1.165, 1.54) is 37.7 Å². The summed E-state index contributed by atoms with van der Waals surface area (Å²) in [5.74, 6) is 0. The van der Waals surface area contributed by atoms with E-state index in [-0.39, 0.29) is 0 Å². The van der Waals surface area contributed by atoms with Crippen molar-refractivity contribution in [3.8, 4) is 0 Å². The summed E-state index contributed by atoms with van der Waals surface area (Å²) in [6, 6.07) is 0. The highest BCUT2D eigenvalue weighted by Gasteiger charge is 2.08. The molecule has 0 amide bonds. The van der Waals surface area contributed by atoms with Gasteiger partial charge in [-0.1, -0.05) is 30.2 Å². The van der Waals surface area contributed by atoms with Gasteiger partial charge in [-0.25, -0.2) is 0 Å². The summed E-state index contributed by atoms with van der Waals surface area (Å²) in [7, 11) is 0. The molecule has 2 aliphatic carbocycles. The van der Waals surface area contributed by atoms with Crippen LogP contribution in [0.2, 0.25) is 0 Å². The summed E-state index contributed by atoms with van der Waals surface area (Å²) in [5, 5.41) is 0. The average Bonchev–Trinajstić information content (AvgIpc) is 2.58. The number of allylic oxidation sites excluding steroid dienone is 6. The maximum Gasteiger partial charge on any atom is -0.0106 e. The second-order valence-electron chi connectivity index (χ2n) is 3.25. The van der Waals surface area contributed by atoms with E-state index in [0.29, 0.717) is 0 Å². The average molecular weight is 145 g/mol. The molecule has 0 spiro atoms. The first kappa shape index (κ1) is 6.90. The Bertz CT molecular complexity index is 206. The predicted octanol–water partition coefficient (Wildman–Crippen LogP) is 3.18. The molecule has 0 saturated heterocycles. The van der Waals surface area contributed by atoms with Gasteiger partial charge in [0.25, 0.3) is 0 Å². The van der Waals surface area contributed by atoms with E-state index in [9.17, 15) is 0 Å². The predicted molar refractivity (Wildman–Crippen MR) is 47.1 cm³/mol. The number of hydrogen-bond donors (Lipinski definition) is 0. The third kappa shape index (κ3) is 1.45. The fraction of sp³-hybridized carbons (Fsp3) is 0.455. The van der Waals surface area contributed by atoms with Gasteiger partial charge < -0.3 is 0 Å². The molecule has 1 saturated carbocycles. The fourth-order valence-corrected chi connectivity index (χ4v) is 1.80. The first-order valence-corrected chi connectivity index (χ1v) is 4.45. The van der Waals surface area contributed by atoms with Crippen LogP contribution in [-0.4, -0.2) is 0 Å². The molecule has 0 heterocycles. The lowest BCUT2D eigenvalue weighted by molar-refractivity contribution is 0.596. The molecule has 0 N–H and O–H groups in total. The van der Waals surface area contributed by atoms with E-state index >= 15 is 0 Å². The van der Waals surface area contributed by atoms with E-state index in [1.807, 2.05) is 6.08 Å². The molecule has 0 nitrogen and oxygen atoms in total. The van der Waals surface area contributed by atoms with Gasteiger partial charge in [-0.15, -0.1) is 0 Å². The van der Waals surface area contributed by atoms with E-state index in [0.717, 1.165) is 0 Å². The van der Waals surface area contributed by atoms with E-state index < -0.39 is 0 Å². The highest BCUT2D eigenvalue weighted by atomic mass is 14.1. The summed E-state index contributed by atoms with van der Waals surface area (Å²) in [4.78, 5) is 0. The van der Waals surface area contributed by atoms with Crippen LogP contribution in [0.25, 0.3) is 0 Å². The standard InChI is InChI=1S/C11H13/c1-2-6-10(7-3-1)11-8-4-5-9-11/h4-5,8H,1-3,6-7H2. The van der Waals surface area contributed by atoms with Crippen molar-refractivity contribution in [2.75, 3.05) is 0 Å². The van der Waals surface area contributed by atoms with E-state index in [1.54, 1.807) is 5.57 Å². The number of rotatable bonds is 0. The van der Waals surface area contributed by atoms with Crippen molar-refractivity contribution in [1.82, 2.24) is 0 Å². The van der Waals surface area contributed by atoms with Crippen LogP contribution >= 0.6 is 0 Å². The summed E-state index contributed by atoms with van der Waals surface area (Å²) < 4.78 is 0. The van der Waals surface area contributed by atoms with Crippen molar-refractivity contribution >= 4 is 0 Å². The molecule has 0 aromatic rings. The van der Waals surface area contributed by atoms with E-state index in [2.05, 4.69) is 18.2 Å². The third-order valence-corrected chi connectivity index (χ3v) is 2.44. The summed E-state index contributed by atoms with van der Waals surface area (Å²) in [6.07, 6.45) is 16.3. The maximum atomic E-state index is 3.27. The first-order chi connectivity index (χ1) is 5.47. The van der Waals surface area contributed by atoms with Crippen LogP contribution < -0.4 is 0 Å². The third-order valence-electron chi connectivity index (χ3n) is 2.44. The van der Waals surface area contributed by atoms with Crippen LogP contribution in [0.4, 0.5) is 0 Å². The second kappa shape index (κ2) is 3.08. The lowest BCUT2D eigenvalue weighted by Crippen LogP contribution is -1.95. The monoisotopic (exact) mass is 145 g/mol. The van der Waals surface area contributed by atoms with Gasteiger partial charge in [0.15, 0.2) is 0 Å².